The van der Waals surface area contributed by atoms with Crippen molar-refractivity contribution in [3.05, 3.63) is 17.5 Å². The van der Waals surface area contributed by atoms with Gasteiger partial charge in [-0.05, 0) is 24.2 Å². The molecule has 2 aliphatic carbocycles. The Morgan fingerprint density at radius 2 is 1.95 bits per heavy atom. The molecule has 3 heteroatoms. The molecule has 2 unspecified atom stereocenters. The van der Waals surface area contributed by atoms with Crippen molar-refractivity contribution in [2.45, 2.75) is 65.7 Å². The minimum Gasteiger partial charge on any atom is -0.361 e. The van der Waals surface area contributed by atoms with Gasteiger partial charge in [0.25, 0.3) is 0 Å². The lowest BCUT2D eigenvalue weighted by atomic mass is 9.52. The Morgan fingerprint density at radius 3 is 2.63 bits per heavy atom. The summed E-state index contributed by atoms with van der Waals surface area (Å²) in [7, 11) is 0. The van der Waals surface area contributed by atoms with Crippen molar-refractivity contribution >= 4 is 5.78 Å². The van der Waals surface area contributed by atoms with Crippen LogP contribution in [0.2, 0.25) is 0 Å². The zero-order chi connectivity index (χ0) is 14.3. The van der Waals surface area contributed by atoms with Crippen LogP contribution in [0.25, 0.3) is 0 Å². The zero-order valence-electron chi connectivity index (χ0n) is 12.7. The molecule has 0 spiro atoms. The third-order valence-electron chi connectivity index (χ3n) is 4.85. The molecule has 106 valence electrons. The summed E-state index contributed by atoms with van der Waals surface area (Å²) in [5.74, 6) is 1.97. The SMILES string of the molecule is CC.CC12CC(=O)CCC1C(C)(C)c1oncc1C2. The Hall–Kier alpha value is -1.12. The predicted octanol–water partition coefficient (Wildman–Crippen LogP) is 3.91. The van der Waals surface area contributed by atoms with Crippen LogP contribution in [-0.4, -0.2) is 10.9 Å². The Labute approximate surface area is 115 Å². The summed E-state index contributed by atoms with van der Waals surface area (Å²) in [5.41, 5.74) is 1.29. The van der Waals surface area contributed by atoms with Crippen LogP contribution in [-0.2, 0) is 16.6 Å². The van der Waals surface area contributed by atoms with Crippen LogP contribution in [0.15, 0.2) is 10.7 Å². The smallest absolute Gasteiger partial charge is 0.145 e. The second kappa shape index (κ2) is 4.77. The second-order valence-corrected chi connectivity index (χ2v) is 6.54. The summed E-state index contributed by atoms with van der Waals surface area (Å²) in [6.07, 6.45) is 5.20. The summed E-state index contributed by atoms with van der Waals surface area (Å²) < 4.78 is 5.46. The number of Topliss-reactive ketones (excluding diaryl/α,β-unsaturated/α-hetero) is 1. The molecule has 0 N–H and O–H groups in total. The van der Waals surface area contributed by atoms with Crippen molar-refractivity contribution in [1.29, 1.82) is 0 Å². The molecule has 3 nitrogen and oxygen atoms in total. The van der Waals surface area contributed by atoms with Crippen molar-refractivity contribution in [1.82, 2.24) is 5.16 Å². The van der Waals surface area contributed by atoms with E-state index in [9.17, 15) is 4.79 Å². The predicted molar refractivity (Wildman–Crippen MR) is 75.0 cm³/mol. The summed E-state index contributed by atoms with van der Waals surface area (Å²) in [6, 6.07) is 0. The number of hydrogen-bond donors (Lipinski definition) is 0. The topological polar surface area (TPSA) is 43.1 Å². The van der Waals surface area contributed by atoms with Crippen LogP contribution < -0.4 is 0 Å². The van der Waals surface area contributed by atoms with E-state index in [2.05, 4.69) is 25.9 Å². The molecule has 0 aromatic carbocycles. The van der Waals surface area contributed by atoms with Gasteiger partial charge in [0.1, 0.15) is 11.5 Å². The molecule has 1 fully saturated rings. The number of carbonyl (C=O) groups is 1. The Kier molecular flexibility index (Phi) is 3.59. The molecule has 1 aromatic rings. The van der Waals surface area contributed by atoms with E-state index in [0.29, 0.717) is 18.1 Å². The first kappa shape index (κ1) is 14.3. The largest absolute Gasteiger partial charge is 0.361 e. The Bertz CT molecular complexity index is 475. The van der Waals surface area contributed by atoms with E-state index in [1.165, 1.54) is 5.56 Å². The monoisotopic (exact) mass is 263 g/mol. The molecule has 1 heterocycles. The molecule has 19 heavy (non-hydrogen) atoms. The fourth-order valence-electron chi connectivity index (χ4n) is 4.24. The maximum atomic E-state index is 11.7. The molecule has 2 atom stereocenters. The number of carbonyl (C=O) groups excluding carboxylic acids is 1. The Morgan fingerprint density at radius 1 is 1.26 bits per heavy atom. The van der Waals surface area contributed by atoms with E-state index >= 15 is 0 Å². The van der Waals surface area contributed by atoms with Crippen LogP contribution in [0, 0.1) is 11.3 Å². The van der Waals surface area contributed by atoms with E-state index in [4.69, 9.17) is 4.52 Å². The average Bonchev–Trinajstić information content (AvgIpc) is 2.78. The fraction of sp³-hybridized carbons (Fsp3) is 0.750. The lowest BCUT2D eigenvalue weighted by Gasteiger charge is -2.51. The lowest BCUT2D eigenvalue weighted by Crippen LogP contribution is -2.49. The molecule has 2 aliphatic rings. The zero-order valence-corrected chi connectivity index (χ0v) is 12.7. The summed E-state index contributed by atoms with van der Waals surface area (Å²) in [4.78, 5) is 11.7. The maximum absolute atomic E-state index is 11.7. The van der Waals surface area contributed by atoms with Crippen molar-refractivity contribution in [3.63, 3.8) is 0 Å². The van der Waals surface area contributed by atoms with Gasteiger partial charge in [0.05, 0.1) is 6.20 Å². The van der Waals surface area contributed by atoms with Gasteiger partial charge in [-0.3, -0.25) is 4.79 Å². The van der Waals surface area contributed by atoms with Gasteiger partial charge in [-0.1, -0.05) is 39.8 Å². The Balaban J connectivity index is 0.000000637. The van der Waals surface area contributed by atoms with Gasteiger partial charge in [-0.25, -0.2) is 0 Å². The van der Waals surface area contributed by atoms with Gasteiger partial charge < -0.3 is 4.52 Å². The lowest BCUT2D eigenvalue weighted by molar-refractivity contribution is -0.127. The standard InChI is InChI=1S/C14H19NO2.C2H6/c1-13(2)11-5-4-10(16)7-14(11,3)6-9-8-15-17-12(9)13;1-2/h8,11H,4-7H2,1-3H3;1-2H3. The molecule has 0 saturated heterocycles. The first-order valence-electron chi connectivity index (χ1n) is 7.39. The molecule has 0 radical (unpaired) electrons. The van der Waals surface area contributed by atoms with Crippen molar-refractivity contribution in [3.8, 4) is 0 Å². The molecule has 1 saturated carbocycles. The molecular formula is C16H25NO2. The molecule has 0 aliphatic heterocycles. The van der Waals surface area contributed by atoms with E-state index < -0.39 is 0 Å². The molecule has 0 bridgehead atoms. The fourth-order valence-corrected chi connectivity index (χ4v) is 4.24. The van der Waals surface area contributed by atoms with Gasteiger partial charge in [0.2, 0.25) is 0 Å². The quantitative estimate of drug-likeness (QED) is 0.712. The number of rotatable bonds is 0. The van der Waals surface area contributed by atoms with Gasteiger partial charge in [-0.15, -0.1) is 0 Å². The highest BCUT2D eigenvalue weighted by Gasteiger charge is 2.53. The van der Waals surface area contributed by atoms with Crippen molar-refractivity contribution < 1.29 is 9.32 Å². The number of hydrogen-bond acceptors (Lipinski definition) is 3. The van der Waals surface area contributed by atoms with E-state index in [-0.39, 0.29) is 10.8 Å². The summed E-state index contributed by atoms with van der Waals surface area (Å²) in [6.45, 7) is 10.7. The van der Waals surface area contributed by atoms with Crippen LogP contribution >= 0.6 is 0 Å². The highest BCUT2D eigenvalue weighted by molar-refractivity contribution is 5.80. The highest BCUT2D eigenvalue weighted by Crippen LogP contribution is 2.55. The average molecular weight is 263 g/mol. The van der Waals surface area contributed by atoms with E-state index in [1.54, 1.807) is 0 Å². The molecule has 3 rings (SSSR count). The van der Waals surface area contributed by atoms with Crippen LogP contribution in [0.5, 0.6) is 0 Å². The summed E-state index contributed by atoms with van der Waals surface area (Å²) >= 11 is 0. The van der Waals surface area contributed by atoms with Crippen molar-refractivity contribution in [2.75, 3.05) is 0 Å². The van der Waals surface area contributed by atoms with Crippen LogP contribution in [0.4, 0.5) is 0 Å². The van der Waals surface area contributed by atoms with Gasteiger partial charge in [0, 0.05) is 23.8 Å². The number of nitrogens with zero attached hydrogens (tertiary/aromatic N) is 1. The normalized spacial score (nSPS) is 31.8. The molecule has 1 aromatic heterocycles. The van der Waals surface area contributed by atoms with Gasteiger partial charge in [-0.2, -0.15) is 0 Å². The van der Waals surface area contributed by atoms with E-state index in [0.717, 1.165) is 25.0 Å². The van der Waals surface area contributed by atoms with E-state index in [1.807, 2.05) is 20.0 Å². The third kappa shape index (κ3) is 2.13. The van der Waals surface area contributed by atoms with Crippen LogP contribution in [0.3, 0.4) is 0 Å². The minimum absolute atomic E-state index is 0.000463. The van der Waals surface area contributed by atoms with Crippen molar-refractivity contribution in [2.24, 2.45) is 11.3 Å². The first-order chi connectivity index (χ1) is 8.93. The third-order valence-corrected chi connectivity index (χ3v) is 4.85. The van der Waals surface area contributed by atoms with Crippen LogP contribution in [0.1, 0.15) is 65.2 Å². The maximum Gasteiger partial charge on any atom is 0.145 e. The number of fused-ring (bicyclic) bond motifs is 2. The van der Waals surface area contributed by atoms with Gasteiger partial charge in [0.15, 0.2) is 0 Å². The summed E-state index contributed by atoms with van der Waals surface area (Å²) in [5, 5.41) is 3.95. The second-order valence-electron chi connectivity index (χ2n) is 6.54. The minimum atomic E-state index is -0.000463. The first-order valence-corrected chi connectivity index (χ1v) is 7.39. The van der Waals surface area contributed by atoms with Gasteiger partial charge >= 0.3 is 0 Å². The molecular weight excluding hydrogens is 238 g/mol. The molecule has 0 amide bonds. The highest BCUT2D eigenvalue weighted by atomic mass is 16.5. The number of ketones is 1. The number of aromatic nitrogens is 1.